The molecular weight excluding hydrogens is 441 g/mol. The van der Waals surface area contributed by atoms with Gasteiger partial charge in [-0.1, -0.05) is 6.07 Å². The van der Waals surface area contributed by atoms with Gasteiger partial charge in [-0.15, -0.1) is 21.5 Å². The van der Waals surface area contributed by atoms with Gasteiger partial charge < -0.3 is 14.0 Å². The van der Waals surface area contributed by atoms with Crippen LogP contribution in [-0.4, -0.2) is 45.4 Å². The Bertz CT molecular complexity index is 1270. The maximum atomic E-state index is 13.2. The third-order valence-corrected chi connectivity index (χ3v) is 6.90. The topological polar surface area (TPSA) is 65.3 Å². The van der Waals surface area contributed by atoms with Crippen molar-refractivity contribution < 1.29 is 13.9 Å². The van der Waals surface area contributed by atoms with Gasteiger partial charge in [-0.2, -0.15) is 0 Å². The average molecular weight is 466 g/mol. The van der Waals surface area contributed by atoms with Gasteiger partial charge in [-0.3, -0.25) is 4.90 Å². The summed E-state index contributed by atoms with van der Waals surface area (Å²) in [5.41, 5.74) is 2.77. The molecule has 0 saturated heterocycles. The summed E-state index contributed by atoms with van der Waals surface area (Å²) in [4.78, 5) is 7.11. The molecule has 9 heteroatoms. The van der Waals surface area contributed by atoms with Crippen LogP contribution >= 0.6 is 11.3 Å². The summed E-state index contributed by atoms with van der Waals surface area (Å²) < 4.78 is 26.3. The summed E-state index contributed by atoms with van der Waals surface area (Å²) in [5, 5.41) is 11.8. The number of hydrogen-bond acceptors (Lipinski definition) is 7. The van der Waals surface area contributed by atoms with Gasteiger partial charge in [-0.25, -0.2) is 9.37 Å². The summed E-state index contributed by atoms with van der Waals surface area (Å²) >= 11 is 1.52. The van der Waals surface area contributed by atoms with Crippen LogP contribution in [0.5, 0.6) is 11.5 Å². The Kier molecular flexibility index (Phi) is 5.82. The van der Waals surface area contributed by atoms with E-state index in [4.69, 9.17) is 14.5 Å². The zero-order valence-corrected chi connectivity index (χ0v) is 19.5. The number of fused-ring (bicyclic) bond motifs is 1. The Morgan fingerprint density at radius 1 is 1.06 bits per heavy atom. The molecule has 0 spiro atoms. The third-order valence-electron chi connectivity index (χ3n) is 6.00. The molecule has 0 bridgehead atoms. The average Bonchev–Trinajstić information content (AvgIpc) is 3.49. The first kappa shape index (κ1) is 21.5. The number of halogens is 1. The first-order valence-corrected chi connectivity index (χ1v) is 11.5. The number of thiazole rings is 1. The first-order chi connectivity index (χ1) is 16.1. The molecule has 1 aliphatic heterocycles. The first-order valence-electron chi connectivity index (χ1n) is 10.7. The van der Waals surface area contributed by atoms with Crippen molar-refractivity contribution in [2.24, 2.45) is 0 Å². The predicted molar refractivity (Wildman–Crippen MR) is 125 cm³/mol. The van der Waals surface area contributed by atoms with Crippen LogP contribution in [0.2, 0.25) is 0 Å². The van der Waals surface area contributed by atoms with E-state index in [1.54, 1.807) is 26.4 Å². The molecule has 33 heavy (non-hydrogen) atoms. The summed E-state index contributed by atoms with van der Waals surface area (Å²) in [6, 6.07) is 12.4. The van der Waals surface area contributed by atoms with Crippen molar-refractivity contribution in [1.82, 2.24) is 24.6 Å². The van der Waals surface area contributed by atoms with E-state index in [0.717, 1.165) is 64.6 Å². The minimum Gasteiger partial charge on any atom is -0.497 e. The SMILES string of the molecule is COc1ccc(CN2CCn3c(-c4csc(-c5ccc(F)cc5)n4)nnc3[C@@H]2C)c(OC)c1. The van der Waals surface area contributed by atoms with Crippen molar-refractivity contribution >= 4 is 11.3 Å². The molecule has 0 fully saturated rings. The van der Waals surface area contributed by atoms with Crippen LogP contribution in [0.4, 0.5) is 4.39 Å². The van der Waals surface area contributed by atoms with Gasteiger partial charge in [-0.05, 0) is 37.3 Å². The molecule has 2 aromatic carbocycles. The molecule has 1 atom stereocenters. The molecule has 7 nitrogen and oxygen atoms in total. The van der Waals surface area contributed by atoms with Crippen molar-refractivity contribution in [3.8, 4) is 33.6 Å². The zero-order chi connectivity index (χ0) is 22.9. The van der Waals surface area contributed by atoms with Crippen LogP contribution in [0.3, 0.4) is 0 Å². The standard InChI is InChI=1S/C24H24FN5O2S/c1-15-22-27-28-23(20-14-33-24(26-20)16-4-7-18(25)8-5-16)30(22)11-10-29(15)13-17-6-9-19(31-2)12-21(17)32-3/h4-9,12,14-15H,10-11,13H2,1-3H3/t15-/m0/s1. The lowest BCUT2D eigenvalue weighted by Gasteiger charge is -2.33. The van der Waals surface area contributed by atoms with Crippen molar-refractivity contribution in [2.75, 3.05) is 20.8 Å². The highest BCUT2D eigenvalue weighted by atomic mass is 32.1. The Balaban J connectivity index is 1.37. The quantitative estimate of drug-likeness (QED) is 0.408. The van der Waals surface area contributed by atoms with Crippen LogP contribution < -0.4 is 9.47 Å². The van der Waals surface area contributed by atoms with Crippen LogP contribution in [0.25, 0.3) is 22.1 Å². The minimum absolute atomic E-state index is 0.0852. The van der Waals surface area contributed by atoms with Gasteiger partial charge in [0.25, 0.3) is 0 Å². The summed E-state index contributed by atoms with van der Waals surface area (Å²) in [6.07, 6.45) is 0. The van der Waals surface area contributed by atoms with E-state index in [2.05, 4.69) is 26.6 Å². The smallest absolute Gasteiger partial charge is 0.183 e. The van der Waals surface area contributed by atoms with Crippen molar-refractivity contribution in [3.05, 3.63) is 65.0 Å². The lowest BCUT2D eigenvalue weighted by molar-refractivity contribution is 0.155. The van der Waals surface area contributed by atoms with E-state index in [1.165, 1.54) is 23.5 Å². The van der Waals surface area contributed by atoms with Gasteiger partial charge in [0, 0.05) is 42.2 Å². The highest BCUT2D eigenvalue weighted by Gasteiger charge is 2.29. The normalized spacial score (nSPS) is 15.9. The van der Waals surface area contributed by atoms with E-state index in [1.807, 2.05) is 23.6 Å². The van der Waals surface area contributed by atoms with Gasteiger partial charge in [0.1, 0.15) is 28.0 Å². The van der Waals surface area contributed by atoms with Gasteiger partial charge in [0.05, 0.1) is 20.3 Å². The Hall–Kier alpha value is -3.30. The fourth-order valence-corrected chi connectivity index (χ4v) is 4.94. The maximum Gasteiger partial charge on any atom is 0.183 e. The molecular formula is C24H24FN5O2S. The molecule has 2 aromatic heterocycles. The Morgan fingerprint density at radius 3 is 2.64 bits per heavy atom. The highest BCUT2D eigenvalue weighted by Crippen LogP contribution is 2.34. The van der Waals surface area contributed by atoms with Crippen LogP contribution in [0, 0.1) is 5.82 Å². The largest absolute Gasteiger partial charge is 0.497 e. The number of rotatable bonds is 6. The van der Waals surface area contributed by atoms with E-state index >= 15 is 0 Å². The number of methoxy groups -OCH3 is 2. The molecule has 170 valence electrons. The molecule has 3 heterocycles. The zero-order valence-electron chi connectivity index (χ0n) is 18.7. The second kappa shape index (κ2) is 8.92. The van der Waals surface area contributed by atoms with Crippen molar-refractivity contribution in [1.29, 1.82) is 0 Å². The number of benzene rings is 2. The molecule has 0 saturated carbocycles. The van der Waals surface area contributed by atoms with E-state index in [9.17, 15) is 4.39 Å². The summed E-state index contributed by atoms with van der Waals surface area (Å²) in [5.74, 6) is 3.01. The van der Waals surface area contributed by atoms with Gasteiger partial charge in [0.15, 0.2) is 11.6 Å². The number of nitrogens with zero attached hydrogens (tertiary/aromatic N) is 5. The monoisotopic (exact) mass is 465 g/mol. The number of hydrogen-bond donors (Lipinski definition) is 0. The Labute approximate surface area is 195 Å². The second-order valence-electron chi connectivity index (χ2n) is 7.90. The maximum absolute atomic E-state index is 13.2. The molecule has 1 aliphatic rings. The molecule has 0 unspecified atom stereocenters. The van der Waals surface area contributed by atoms with E-state index in [0.29, 0.717) is 0 Å². The molecule has 0 amide bonds. The lowest BCUT2D eigenvalue weighted by Crippen LogP contribution is -2.36. The third kappa shape index (κ3) is 4.09. The van der Waals surface area contributed by atoms with Crippen LogP contribution in [-0.2, 0) is 13.1 Å². The summed E-state index contributed by atoms with van der Waals surface area (Å²) in [6.45, 7) is 4.50. The lowest BCUT2D eigenvalue weighted by atomic mass is 10.1. The van der Waals surface area contributed by atoms with Gasteiger partial charge >= 0.3 is 0 Å². The van der Waals surface area contributed by atoms with E-state index < -0.39 is 0 Å². The van der Waals surface area contributed by atoms with Crippen LogP contribution in [0.15, 0.2) is 47.8 Å². The fraction of sp³-hybridized carbons (Fsp3) is 0.292. The van der Waals surface area contributed by atoms with Gasteiger partial charge in [0.2, 0.25) is 0 Å². The fourth-order valence-electron chi connectivity index (χ4n) is 4.14. The van der Waals surface area contributed by atoms with Crippen molar-refractivity contribution in [2.45, 2.75) is 26.1 Å². The van der Waals surface area contributed by atoms with Crippen LogP contribution in [0.1, 0.15) is 24.4 Å². The second-order valence-corrected chi connectivity index (χ2v) is 8.76. The number of aromatic nitrogens is 4. The molecule has 0 radical (unpaired) electrons. The van der Waals surface area contributed by atoms with E-state index in [-0.39, 0.29) is 11.9 Å². The minimum atomic E-state index is -0.257. The molecule has 0 N–H and O–H groups in total. The molecule has 4 aromatic rings. The highest BCUT2D eigenvalue weighted by molar-refractivity contribution is 7.13. The molecule has 0 aliphatic carbocycles. The summed E-state index contributed by atoms with van der Waals surface area (Å²) in [7, 11) is 3.32. The predicted octanol–water partition coefficient (Wildman–Crippen LogP) is 4.80. The molecule has 5 rings (SSSR count). The Morgan fingerprint density at radius 2 is 1.88 bits per heavy atom. The number of ether oxygens (including phenoxy) is 2. The van der Waals surface area contributed by atoms with Crippen molar-refractivity contribution in [3.63, 3.8) is 0 Å².